The number of carbonyl (C=O) groups excluding carboxylic acids is 2. The summed E-state index contributed by atoms with van der Waals surface area (Å²) in [4.78, 5) is 24.9. The van der Waals surface area contributed by atoms with Crippen LogP contribution in [0.1, 0.15) is 32.3 Å². The Hall–Kier alpha value is -2.04. The van der Waals surface area contributed by atoms with E-state index in [1.807, 2.05) is 37.3 Å². The van der Waals surface area contributed by atoms with E-state index in [-0.39, 0.29) is 17.5 Å². The number of ether oxygens (including phenoxy) is 1. The van der Waals surface area contributed by atoms with Gasteiger partial charge in [0.05, 0.1) is 0 Å². The van der Waals surface area contributed by atoms with Crippen molar-refractivity contribution < 1.29 is 14.3 Å². The molecular weight excluding hydrogens is 268 g/mol. The zero-order valence-corrected chi connectivity index (χ0v) is 12.6. The lowest BCUT2D eigenvalue weighted by Crippen LogP contribution is -2.53. The first-order valence-electron chi connectivity index (χ1n) is 7.23. The first kappa shape index (κ1) is 15.4. The summed E-state index contributed by atoms with van der Waals surface area (Å²) in [6, 6.07) is 9.62. The average molecular weight is 290 g/mol. The molecule has 1 aliphatic rings. The minimum Gasteiger partial charge on any atom is -0.445 e. The Labute approximate surface area is 125 Å². The standard InChI is InChI=1S/C16H22N2O3/c1-13(19)17-16(2)8-10-18(11-9-16)15(20)21-12-14-6-4-3-5-7-14/h3-7H,8-12H2,1-2H3,(H,17,19). The quantitative estimate of drug-likeness (QED) is 0.929. The Balaban J connectivity index is 1.79. The van der Waals surface area contributed by atoms with Crippen molar-refractivity contribution in [1.29, 1.82) is 0 Å². The number of piperidine rings is 1. The van der Waals surface area contributed by atoms with E-state index in [0.717, 1.165) is 18.4 Å². The molecule has 1 heterocycles. The molecule has 1 aromatic carbocycles. The van der Waals surface area contributed by atoms with E-state index in [1.165, 1.54) is 6.92 Å². The van der Waals surface area contributed by atoms with E-state index < -0.39 is 0 Å². The molecule has 1 aromatic rings. The Kier molecular flexibility index (Phi) is 4.83. The highest BCUT2D eigenvalue weighted by molar-refractivity contribution is 5.74. The minimum absolute atomic E-state index is 0.0300. The summed E-state index contributed by atoms with van der Waals surface area (Å²) >= 11 is 0. The second-order valence-corrected chi connectivity index (χ2v) is 5.77. The molecule has 1 aliphatic heterocycles. The first-order valence-corrected chi connectivity index (χ1v) is 7.23. The van der Waals surface area contributed by atoms with Crippen LogP contribution in [-0.2, 0) is 16.1 Å². The number of carbonyl (C=O) groups is 2. The molecule has 1 N–H and O–H groups in total. The second kappa shape index (κ2) is 6.61. The third-order valence-electron chi connectivity index (χ3n) is 3.81. The molecule has 2 amide bonds. The SMILES string of the molecule is CC(=O)NC1(C)CCN(C(=O)OCc2ccccc2)CC1. The van der Waals surface area contributed by atoms with Crippen molar-refractivity contribution in [3.63, 3.8) is 0 Å². The van der Waals surface area contributed by atoms with Gasteiger partial charge in [-0.15, -0.1) is 0 Å². The Morgan fingerprint density at radius 3 is 2.43 bits per heavy atom. The minimum atomic E-state index is -0.288. The molecule has 0 spiro atoms. The van der Waals surface area contributed by atoms with Gasteiger partial charge in [0.25, 0.3) is 0 Å². The van der Waals surface area contributed by atoms with Crippen molar-refractivity contribution >= 4 is 12.0 Å². The summed E-state index contributed by atoms with van der Waals surface area (Å²) < 4.78 is 5.32. The van der Waals surface area contributed by atoms with Gasteiger partial charge in [0, 0.05) is 25.6 Å². The lowest BCUT2D eigenvalue weighted by atomic mass is 9.90. The van der Waals surface area contributed by atoms with Crippen LogP contribution in [0.15, 0.2) is 30.3 Å². The van der Waals surface area contributed by atoms with Crippen molar-refractivity contribution in [2.45, 2.75) is 38.8 Å². The number of amides is 2. The van der Waals surface area contributed by atoms with Crippen molar-refractivity contribution in [2.24, 2.45) is 0 Å². The fourth-order valence-corrected chi connectivity index (χ4v) is 2.54. The molecule has 0 aliphatic carbocycles. The summed E-state index contributed by atoms with van der Waals surface area (Å²) in [5.74, 6) is -0.0300. The summed E-state index contributed by atoms with van der Waals surface area (Å²) in [5, 5.41) is 2.96. The normalized spacial score (nSPS) is 17.1. The maximum absolute atomic E-state index is 12.0. The first-order chi connectivity index (χ1) is 9.98. The van der Waals surface area contributed by atoms with Gasteiger partial charge in [-0.05, 0) is 25.3 Å². The van der Waals surface area contributed by atoms with Gasteiger partial charge in [-0.3, -0.25) is 4.79 Å². The average Bonchev–Trinajstić information content (AvgIpc) is 2.45. The van der Waals surface area contributed by atoms with E-state index in [9.17, 15) is 9.59 Å². The number of rotatable bonds is 3. The molecule has 0 aromatic heterocycles. The highest BCUT2D eigenvalue weighted by Crippen LogP contribution is 2.22. The van der Waals surface area contributed by atoms with Crippen molar-refractivity contribution in [3.05, 3.63) is 35.9 Å². The molecular formula is C16H22N2O3. The summed E-state index contributed by atoms with van der Waals surface area (Å²) in [7, 11) is 0. The van der Waals surface area contributed by atoms with Gasteiger partial charge in [0.1, 0.15) is 6.61 Å². The van der Waals surface area contributed by atoms with E-state index in [0.29, 0.717) is 19.7 Å². The van der Waals surface area contributed by atoms with Gasteiger partial charge in [-0.1, -0.05) is 30.3 Å². The van der Waals surface area contributed by atoms with Crippen molar-refractivity contribution in [1.82, 2.24) is 10.2 Å². The van der Waals surface area contributed by atoms with Crippen LogP contribution in [-0.4, -0.2) is 35.5 Å². The zero-order valence-electron chi connectivity index (χ0n) is 12.6. The number of nitrogens with zero attached hydrogens (tertiary/aromatic N) is 1. The van der Waals surface area contributed by atoms with E-state index in [1.54, 1.807) is 4.90 Å². The Morgan fingerprint density at radius 1 is 1.24 bits per heavy atom. The van der Waals surface area contributed by atoms with Gasteiger partial charge >= 0.3 is 6.09 Å². The molecule has 2 rings (SSSR count). The fourth-order valence-electron chi connectivity index (χ4n) is 2.54. The van der Waals surface area contributed by atoms with E-state index in [4.69, 9.17) is 4.74 Å². The highest BCUT2D eigenvalue weighted by Gasteiger charge is 2.32. The Morgan fingerprint density at radius 2 is 1.86 bits per heavy atom. The van der Waals surface area contributed by atoms with Crippen molar-refractivity contribution in [2.75, 3.05) is 13.1 Å². The van der Waals surface area contributed by atoms with Crippen LogP contribution in [0.2, 0.25) is 0 Å². The van der Waals surface area contributed by atoms with Crippen LogP contribution in [0.3, 0.4) is 0 Å². The van der Waals surface area contributed by atoms with Crippen LogP contribution in [0, 0.1) is 0 Å². The molecule has 0 radical (unpaired) electrons. The molecule has 5 nitrogen and oxygen atoms in total. The molecule has 5 heteroatoms. The topological polar surface area (TPSA) is 58.6 Å². The molecule has 1 fully saturated rings. The van der Waals surface area contributed by atoms with Gasteiger partial charge in [0.15, 0.2) is 0 Å². The predicted molar refractivity (Wildman–Crippen MR) is 79.7 cm³/mol. The number of likely N-dealkylation sites (tertiary alicyclic amines) is 1. The van der Waals surface area contributed by atoms with Gasteiger partial charge in [-0.2, -0.15) is 0 Å². The molecule has 0 atom stereocenters. The maximum atomic E-state index is 12.0. The monoisotopic (exact) mass is 290 g/mol. The van der Waals surface area contributed by atoms with Crippen LogP contribution in [0.25, 0.3) is 0 Å². The largest absolute Gasteiger partial charge is 0.445 e. The highest BCUT2D eigenvalue weighted by atomic mass is 16.6. The lowest BCUT2D eigenvalue weighted by Gasteiger charge is -2.39. The molecule has 21 heavy (non-hydrogen) atoms. The van der Waals surface area contributed by atoms with Gasteiger partial charge in [0.2, 0.25) is 5.91 Å². The predicted octanol–water partition coefficient (Wildman–Crippen LogP) is 2.31. The smallest absolute Gasteiger partial charge is 0.410 e. The van der Waals surface area contributed by atoms with Gasteiger partial charge in [-0.25, -0.2) is 4.79 Å². The molecule has 0 saturated carbocycles. The number of nitrogens with one attached hydrogen (secondary N) is 1. The third kappa shape index (κ3) is 4.48. The van der Waals surface area contributed by atoms with Crippen molar-refractivity contribution in [3.8, 4) is 0 Å². The Bertz CT molecular complexity index is 494. The fraction of sp³-hybridized carbons (Fsp3) is 0.500. The molecule has 114 valence electrons. The maximum Gasteiger partial charge on any atom is 0.410 e. The van der Waals surface area contributed by atoms with E-state index in [2.05, 4.69) is 5.32 Å². The van der Waals surface area contributed by atoms with E-state index >= 15 is 0 Å². The molecule has 1 saturated heterocycles. The molecule has 0 bridgehead atoms. The summed E-state index contributed by atoms with van der Waals surface area (Å²) in [5.41, 5.74) is 0.758. The van der Waals surface area contributed by atoms with Crippen LogP contribution >= 0.6 is 0 Å². The summed E-state index contributed by atoms with van der Waals surface area (Å²) in [6.07, 6.45) is 1.20. The van der Waals surface area contributed by atoms with Gasteiger partial charge < -0.3 is 15.0 Å². The second-order valence-electron chi connectivity index (χ2n) is 5.77. The van der Waals surface area contributed by atoms with Crippen LogP contribution in [0.5, 0.6) is 0 Å². The number of benzene rings is 1. The third-order valence-corrected chi connectivity index (χ3v) is 3.81. The zero-order chi connectivity index (χ0) is 15.3. The molecule has 0 unspecified atom stereocenters. The number of hydrogen-bond donors (Lipinski definition) is 1. The number of hydrogen-bond acceptors (Lipinski definition) is 3. The van der Waals surface area contributed by atoms with Crippen LogP contribution < -0.4 is 5.32 Å². The van der Waals surface area contributed by atoms with Crippen LogP contribution in [0.4, 0.5) is 4.79 Å². The summed E-state index contributed by atoms with van der Waals surface area (Å²) in [6.45, 7) is 5.03. The lowest BCUT2D eigenvalue weighted by molar-refractivity contribution is -0.121.